The number of para-hydroxylation sites is 1. The number of nitrogens with one attached hydrogen (secondary N) is 1. The van der Waals surface area contributed by atoms with Gasteiger partial charge in [0.2, 0.25) is 11.8 Å². The van der Waals surface area contributed by atoms with Gasteiger partial charge < -0.3 is 15.0 Å². The summed E-state index contributed by atoms with van der Waals surface area (Å²) >= 11 is 0. The number of carbonyl (C=O) groups is 3. The molecule has 0 bridgehead atoms. The van der Waals surface area contributed by atoms with Crippen molar-refractivity contribution in [3.63, 3.8) is 0 Å². The first-order valence-electron chi connectivity index (χ1n) is 10.1. The monoisotopic (exact) mass is 421 g/mol. The topological polar surface area (TPSA) is 99.5 Å². The second-order valence-electron chi connectivity index (χ2n) is 7.10. The van der Waals surface area contributed by atoms with Gasteiger partial charge in [-0.1, -0.05) is 48.0 Å². The van der Waals surface area contributed by atoms with Crippen molar-refractivity contribution in [1.82, 2.24) is 5.32 Å². The third-order valence-electron chi connectivity index (χ3n) is 4.80. The van der Waals surface area contributed by atoms with Crippen LogP contribution in [-0.4, -0.2) is 31.4 Å². The summed E-state index contributed by atoms with van der Waals surface area (Å²) in [5, 5.41) is 11.7. The lowest BCUT2D eigenvalue weighted by Crippen LogP contribution is -2.34. The van der Waals surface area contributed by atoms with Gasteiger partial charge in [0.25, 0.3) is 0 Å². The molecule has 31 heavy (non-hydrogen) atoms. The Kier molecular flexibility index (Phi) is 9.24. The van der Waals surface area contributed by atoms with E-state index in [2.05, 4.69) is 5.32 Å². The van der Waals surface area contributed by atoms with Crippen LogP contribution in [0.3, 0.4) is 0 Å². The molecule has 0 spiro atoms. The normalized spacial score (nSPS) is 11.1. The van der Waals surface area contributed by atoms with Gasteiger partial charge in [0.05, 0.1) is 32.1 Å². The fraction of sp³-hybridized carbons (Fsp3) is 0.333. The van der Waals surface area contributed by atoms with Crippen LogP contribution < -0.4 is 10.2 Å². The SMILES string of the molecule is COC(=O)CC(NC(=O)CCC(=O)N(CCC#N)c1ccccc1)c1ccc(C)cc1. The van der Waals surface area contributed by atoms with Crippen molar-refractivity contribution in [2.45, 2.75) is 38.6 Å². The zero-order chi connectivity index (χ0) is 22.6. The highest BCUT2D eigenvalue weighted by molar-refractivity contribution is 5.95. The first-order valence-corrected chi connectivity index (χ1v) is 10.1. The van der Waals surface area contributed by atoms with Gasteiger partial charge >= 0.3 is 5.97 Å². The van der Waals surface area contributed by atoms with E-state index in [1.165, 1.54) is 12.0 Å². The molecule has 1 atom stereocenters. The first kappa shape index (κ1) is 23.6. The van der Waals surface area contributed by atoms with Gasteiger partial charge in [0, 0.05) is 25.1 Å². The van der Waals surface area contributed by atoms with E-state index in [9.17, 15) is 14.4 Å². The molecule has 0 heterocycles. The molecule has 1 unspecified atom stereocenters. The summed E-state index contributed by atoms with van der Waals surface area (Å²) in [6.45, 7) is 2.21. The van der Waals surface area contributed by atoms with Gasteiger partial charge in [0.15, 0.2) is 0 Å². The van der Waals surface area contributed by atoms with Crippen LogP contribution in [0.4, 0.5) is 5.69 Å². The molecule has 2 amide bonds. The highest BCUT2D eigenvalue weighted by Gasteiger charge is 2.21. The Morgan fingerprint density at radius 2 is 1.74 bits per heavy atom. The second-order valence-corrected chi connectivity index (χ2v) is 7.10. The minimum absolute atomic E-state index is 0.00242. The van der Waals surface area contributed by atoms with Crippen LogP contribution in [0, 0.1) is 18.3 Å². The standard InChI is InChI=1S/C24H27N3O4/c1-18-9-11-19(12-10-18)21(17-24(30)31-2)26-22(28)13-14-23(29)27(16-6-15-25)20-7-4-3-5-8-20/h3-5,7-12,21H,6,13-14,16-17H2,1-2H3,(H,26,28). The molecule has 162 valence electrons. The van der Waals surface area contributed by atoms with Gasteiger partial charge in [-0.3, -0.25) is 14.4 Å². The number of rotatable bonds is 10. The summed E-state index contributed by atoms with van der Waals surface area (Å²) in [5.74, 6) is -1.01. The van der Waals surface area contributed by atoms with Gasteiger partial charge in [-0.05, 0) is 24.6 Å². The predicted molar refractivity (Wildman–Crippen MR) is 117 cm³/mol. The predicted octanol–water partition coefficient (Wildman–Crippen LogP) is 3.44. The Balaban J connectivity index is 2.02. The van der Waals surface area contributed by atoms with Crippen LogP contribution in [0.1, 0.15) is 42.9 Å². The zero-order valence-corrected chi connectivity index (χ0v) is 17.8. The number of benzene rings is 2. The maximum absolute atomic E-state index is 12.7. The number of aryl methyl sites for hydroxylation is 1. The maximum Gasteiger partial charge on any atom is 0.307 e. The van der Waals surface area contributed by atoms with Crippen molar-refractivity contribution < 1.29 is 19.1 Å². The van der Waals surface area contributed by atoms with Crippen molar-refractivity contribution in [3.8, 4) is 6.07 Å². The van der Waals surface area contributed by atoms with Gasteiger partial charge in [-0.2, -0.15) is 5.26 Å². The summed E-state index contributed by atoms with van der Waals surface area (Å²) in [7, 11) is 1.30. The molecule has 0 radical (unpaired) electrons. The number of hydrogen-bond acceptors (Lipinski definition) is 5. The average Bonchev–Trinajstić information content (AvgIpc) is 2.78. The number of esters is 1. The van der Waals surface area contributed by atoms with Gasteiger partial charge in [0.1, 0.15) is 0 Å². The van der Waals surface area contributed by atoms with Gasteiger partial charge in [-0.25, -0.2) is 0 Å². The van der Waals surface area contributed by atoms with E-state index in [4.69, 9.17) is 10.00 Å². The van der Waals surface area contributed by atoms with Crippen LogP contribution in [0.2, 0.25) is 0 Å². The maximum atomic E-state index is 12.7. The number of methoxy groups -OCH3 is 1. The molecule has 0 aliphatic carbocycles. The summed E-state index contributed by atoms with van der Waals surface area (Å²) in [6, 6.07) is 18.1. The van der Waals surface area contributed by atoms with E-state index in [-0.39, 0.29) is 44.0 Å². The fourth-order valence-corrected chi connectivity index (χ4v) is 3.09. The smallest absolute Gasteiger partial charge is 0.307 e. The van der Waals surface area contributed by atoms with E-state index >= 15 is 0 Å². The number of ether oxygens (including phenoxy) is 1. The van der Waals surface area contributed by atoms with Gasteiger partial charge in [-0.15, -0.1) is 0 Å². The van der Waals surface area contributed by atoms with E-state index in [0.717, 1.165) is 11.1 Å². The van der Waals surface area contributed by atoms with E-state index < -0.39 is 12.0 Å². The molecular formula is C24H27N3O4. The van der Waals surface area contributed by atoms with E-state index in [1.54, 1.807) is 12.1 Å². The minimum Gasteiger partial charge on any atom is -0.469 e. The number of amides is 2. The van der Waals surface area contributed by atoms with Crippen molar-refractivity contribution in [1.29, 1.82) is 5.26 Å². The third kappa shape index (κ3) is 7.59. The lowest BCUT2D eigenvalue weighted by Gasteiger charge is -2.22. The highest BCUT2D eigenvalue weighted by Crippen LogP contribution is 2.19. The van der Waals surface area contributed by atoms with Crippen molar-refractivity contribution in [2.24, 2.45) is 0 Å². The number of nitrogens with zero attached hydrogens (tertiary/aromatic N) is 2. The Bertz CT molecular complexity index is 920. The Morgan fingerprint density at radius 1 is 1.06 bits per heavy atom. The van der Waals surface area contributed by atoms with Crippen molar-refractivity contribution in [3.05, 3.63) is 65.7 Å². The van der Waals surface area contributed by atoms with Crippen molar-refractivity contribution >= 4 is 23.5 Å². The van der Waals surface area contributed by atoms with Crippen LogP contribution in [0.25, 0.3) is 0 Å². The summed E-state index contributed by atoms with van der Waals surface area (Å²) in [6.07, 6.45) is 0.155. The lowest BCUT2D eigenvalue weighted by molar-refractivity contribution is -0.141. The molecule has 0 fully saturated rings. The molecule has 2 aromatic carbocycles. The Morgan fingerprint density at radius 3 is 2.35 bits per heavy atom. The van der Waals surface area contributed by atoms with E-state index in [1.807, 2.05) is 55.5 Å². The lowest BCUT2D eigenvalue weighted by atomic mass is 10.0. The molecule has 7 heteroatoms. The molecule has 0 saturated heterocycles. The summed E-state index contributed by atoms with van der Waals surface area (Å²) < 4.78 is 4.75. The molecule has 0 aliphatic rings. The zero-order valence-electron chi connectivity index (χ0n) is 17.8. The molecule has 7 nitrogen and oxygen atoms in total. The highest BCUT2D eigenvalue weighted by atomic mass is 16.5. The van der Waals surface area contributed by atoms with Crippen LogP contribution in [-0.2, 0) is 19.1 Å². The number of carbonyl (C=O) groups excluding carboxylic acids is 3. The number of nitriles is 1. The summed E-state index contributed by atoms with van der Waals surface area (Å²) in [4.78, 5) is 38.6. The molecule has 2 rings (SSSR count). The van der Waals surface area contributed by atoms with Crippen LogP contribution in [0.5, 0.6) is 0 Å². The van der Waals surface area contributed by atoms with Crippen LogP contribution >= 0.6 is 0 Å². The third-order valence-corrected chi connectivity index (χ3v) is 4.80. The van der Waals surface area contributed by atoms with Crippen molar-refractivity contribution in [2.75, 3.05) is 18.6 Å². The molecular weight excluding hydrogens is 394 g/mol. The quantitative estimate of drug-likeness (QED) is 0.593. The molecule has 0 aliphatic heterocycles. The average molecular weight is 421 g/mol. The number of anilines is 1. The summed E-state index contributed by atoms with van der Waals surface area (Å²) in [5.41, 5.74) is 2.54. The Hall–Kier alpha value is -3.66. The second kappa shape index (κ2) is 12.1. The Labute approximate surface area is 182 Å². The minimum atomic E-state index is -0.542. The fourth-order valence-electron chi connectivity index (χ4n) is 3.09. The first-order chi connectivity index (χ1) is 14.9. The van der Waals surface area contributed by atoms with Crippen LogP contribution in [0.15, 0.2) is 54.6 Å². The molecule has 2 aromatic rings. The molecule has 0 aromatic heterocycles. The largest absolute Gasteiger partial charge is 0.469 e. The van der Waals surface area contributed by atoms with E-state index in [0.29, 0.717) is 5.69 Å². The molecule has 0 saturated carbocycles. The number of hydrogen-bond donors (Lipinski definition) is 1. The molecule has 1 N–H and O–H groups in total.